The third-order valence-corrected chi connectivity index (χ3v) is 4.04. The molecule has 0 aliphatic heterocycles. The molecule has 0 radical (unpaired) electrons. The van der Waals surface area contributed by atoms with E-state index in [0.717, 1.165) is 16.5 Å². The van der Waals surface area contributed by atoms with E-state index in [9.17, 15) is 4.79 Å². The van der Waals surface area contributed by atoms with E-state index in [0.29, 0.717) is 6.42 Å². The first kappa shape index (κ1) is 18.5. The van der Waals surface area contributed by atoms with Crippen molar-refractivity contribution in [3.63, 3.8) is 0 Å². The van der Waals surface area contributed by atoms with Crippen LogP contribution in [0, 0.1) is 6.92 Å². The molecule has 7 heteroatoms. The fourth-order valence-electron chi connectivity index (χ4n) is 2.07. The Balaban J connectivity index is 0.00000106. The molecule has 0 spiro atoms. The lowest BCUT2D eigenvalue weighted by Gasteiger charge is -2.20. The zero-order valence-electron chi connectivity index (χ0n) is 12.6. The molecule has 4 nitrogen and oxygen atoms in total. The minimum atomic E-state index is -0.354. The van der Waals surface area contributed by atoms with Crippen molar-refractivity contribution in [3.05, 3.63) is 35.5 Å². The second-order valence-electron chi connectivity index (χ2n) is 4.47. The number of fused-ring (bicyclic) bond motifs is 1. The Hall–Kier alpha value is -0.520. The summed E-state index contributed by atoms with van der Waals surface area (Å²) >= 11 is 0. The first-order valence-corrected chi connectivity index (χ1v) is 8.29. The lowest BCUT2D eigenvalue weighted by atomic mass is 10.0. The Labute approximate surface area is 133 Å². The van der Waals surface area contributed by atoms with Gasteiger partial charge in [-0.25, -0.2) is 0 Å². The number of hydrogen-bond acceptors (Lipinski definition) is 3. The lowest BCUT2D eigenvalue weighted by Crippen LogP contribution is -2.31. The van der Waals surface area contributed by atoms with Gasteiger partial charge in [-0.2, -0.15) is 0 Å². The first-order valence-electron chi connectivity index (χ1n) is 6.78. The van der Waals surface area contributed by atoms with Crippen molar-refractivity contribution in [2.45, 2.75) is 33.2 Å². The van der Waals surface area contributed by atoms with Crippen molar-refractivity contribution < 1.29 is 9.32 Å². The van der Waals surface area contributed by atoms with Gasteiger partial charge in [0.15, 0.2) is 0 Å². The molecule has 1 aromatic heterocycles. The summed E-state index contributed by atoms with van der Waals surface area (Å²) in [4.78, 5) is 15.0. The highest BCUT2D eigenvalue weighted by Gasteiger charge is 2.23. The first-order chi connectivity index (χ1) is 10.0. The van der Waals surface area contributed by atoms with Crippen LogP contribution in [0.2, 0.25) is 0 Å². The number of hydrogen-bond donors (Lipinski definition) is 1. The quantitative estimate of drug-likeness (QED) is 0.862. The number of carbonyl (C=O) groups is 1. The van der Waals surface area contributed by atoms with Gasteiger partial charge in [0.1, 0.15) is 6.04 Å². The maximum absolute atomic E-state index is 11.7. The number of rotatable bonds is 4. The van der Waals surface area contributed by atoms with Gasteiger partial charge in [-0.1, -0.05) is 44.8 Å². The van der Waals surface area contributed by atoms with Crippen molar-refractivity contribution in [2.24, 2.45) is 0 Å². The molecule has 0 bridgehead atoms. The van der Waals surface area contributed by atoms with Crippen molar-refractivity contribution in [3.8, 4) is 0 Å². The van der Waals surface area contributed by atoms with Crippen LogP contribution in [-0.4, -0.2) is 21.4 Å². The number of benzene rings is 1. The van der Waals surface area contributed by atoms with E-state index in [1.807, 2.05) is 29.5 Å². The molecule has 0 aliphatic rings. The summed E-state index contributed by atoms with van der Waals surface area (Å²) in [6.07, 6.45) is 2.54. The van der Waals surface area contributed by atoms with E-state index in [1.54, 1.807) is 4.44 Å². The van der Waals surface area contributed by atoms with Gasteiger partial charge in [-0.3, -0.25) is 9.24 Å². The molecule has 0 amide bonds. The van der Waals surface area contributed by atoms with E-state index in [-0.39, 0.29) is 12.0 Å². The maximum Gasteiger partial charge on any atom is 0.326 e. The van der Waals surface area contributed by atoms with Crippen LogP contribution in [0.25, 0.3) is 10.9 Å². The number of aromatic amines is 1. The number of H-pyrrole nitrogens is 1. The summed E-state index contributed by atoms with van der Waals surface area (Å²) in [6.45, 7) is 6.06. The normalized spacial score (nSPS) is 12.0. The Morgan fingerprint density at radius 2 is 2.05 bits per heavy atom. The van der Waals surface area contributed by atoms with Crippen LogP contribution >= 0.6 is 28.2 Å². The molecule has 2 aromatic rings. The molecule has 0 saturated heterocycles. The van der Waals surface area contributed by atoms with Crippen LogP contribution in [-0.2, 0) is 15.7 Å². The van der Waals surface area contributed by atoms with Crippen LogP contribution < -0.4 is 0 Å². The van der Waals surface area contributed by atoms with Crippen LogP contribution in [0.1, 0.15) is 25.0 Å². The summed E-state index contributed by atoms with van der Waals surface area (Å²) in [5, 5.41) is 1.14. The van der Waals surface area contributed by atoms with E-state index in [4.69, 9.17) is 4.52 Å². The molecule has 1 aromatic carbocycles. The average Bonchev–Trinajstić information content (AvgIpc) is 2.87. The van der Waals surface area contributed by atoms with Gasteiger partial charge >= 0.3 is 5.97 Å². The van der Waals surface area contributed by atoms with Crippen molar-refractivity contribution >= 4 is 45.1 Å². The van der Waals surface area contributed by atoms with Gasteiger partial charge in [0.25, 0.3) is 0 Å². The minimum absolute atomic E-state index is 0.281. The summed E-state index contributed by atoms with van der Waals surface area (Å²) < 4.78 is 6.46. The largest absolute Gasteiger partial charge is 0.450 e. The number of aryl methyl sites for hydroxylation is 1. The molecule has 21 heavy (non-hydrogen) atoms. The SMILES string of the molecule is CC.Cc1ccc2c(CC(C(=O)OP)N(P)P)c[nH]c2c1. The Kier molecular flexibility index (Phi) is 7.77. The average molecular weight is 344 g/mol. The monoisotopic (exact) mass is 344 g/mol. The van der Waals surface area contributed by atoms with Gasteiger partial charge < -0.3 is 9.51 Å². The highest BCUT2D eigenvalue weighted by atomic mass is 31.1. The van der Waals surface area contributed by atoms with Crippen LogP contribution in [0.5, 0.6) is 0 Å². The number of aromatic nitrogens is 1. The molecule has 4 atom stereocenters. The molecule has 1 N–H and O–H groups in total. The molecule has 0 aliphatic carbocycles. The van der Waals surface area contributed by atoms with Crippen LogP contribution in [0.4, 0.5) is 0 Å². The Bertz CT molecular complexity index is 599. The van der Waals surface area contributed by atoms with E-state index >= 15 is 0 Å². The van der Waals surface area contributed by atoms with Crippen molar-refractivity contribution in [1.29, 1.82) is 0 Å². The standard InChI is InChI=1S/C12H17N2O2P3.C2H6/c1-7-2-3-9-8(6-13-10(9)4-7)5-11(14(17)18)12(15)16-19;1-2/h2-4,6,11,13H,5,17-19H2,1H3;1-2H3. The molecule has 0 fully saturated rings. The lowest BCUT2D eigenvalue weighted by molar-refractivity contribution is -0.136. The van der Waals surface area contributed by atoms with Gasteiger partial charge in [0.2, 0.25) is 0 Å². The Morgan fingerprint density at radius 3 is 2.62 bits per heavy atom. The van der Waals surface area contributed by atoms with E-state index in [2.05, 4.69) is 48.9 Å². The van der Waals surface area contributed by atoms with Gasteiger partial charge in [0, 0.05) is 23.5 Å². The fourth-order valence-corrected chi connectivity index (χ4v) is 2.68. The molecular weight excluding hydrogens is 321 g/mol. The minimum Gasteiger partial charge on any atom is -0.450 e. The van der Waals surface area contributed by atoms with Crippen LogP contribution in [0.3, 0.4) is 0 Å². The van der Waals surface area contributed by atoms with Crippen molar-refractivity contribution in [1.82, 2.24) is 9.42 Å². The number of carbonyl (C=O) groups excluding carboxylic acids is 1. The molecule has 116 valence electrons. The smallest absolute Gasteiger partial charge is 0.326 e. The molecule has 4 unspecified atom stereocenters. The maximum atomic E-state index is 11.7. The van der Waals surface area contributed by atoms with E-state index < -0.39 is 0 Å². The summed E-state index contributed by atoms with van der Waals surface area (Å²) in [7, 11) is 6.97. The summed E-state index contributed by atoms with van der Waals surface area (Å²) in [6, 6.07) is 5.89. The summed E-state index contributed by atoms with van der Waals surface area (Å²) in [5.41, 5.74) is 3.40. The third kappa shape index (κ3) is 4.73. The highest BCUT2D eigenvalue weighted by Crippen LogP contribution is 2.25. The number of nitrogens with zero attached hydrogens (tertiary/aromatic N) is 1. The predicted octanol–water partition coefficient (Wildman–Crippen LogP) is 3.63. The molecule has 0 saturated carbocycles. The fraction of sp³-hybridized carbons (Fsp3) is 0.357. The topological polar surface area (TPSA) is 45.3 Å². The van der Waals surface area contributed by atoms with Gasteiger partial charge in [-0.15, -0.1) is 0 Å². The zero-order chi connectivity index (χ0) is 16.0. The Morgan fingerprint density at radius 1 is 1.38 bits per heavy atom. The van der Waals surface area contributed by atoms with Gasteiger partial charge in [0.05, 0.1) is 9.47 Å². The molecular formula is C14H23N2O2P3. The third-order valence-electron chi connectivity index (χ3n) is 3.08. The second-order valence-corrected chi connectivity index (χ2v) is 6.49. The van der Waals surface area contributed by atoms with E-state index in [1.165, 1.54) is 5.56 Å². The predicted molar refractivity (Wildman–Crippen MR) is 98.9 cm³/mol. The molecule has 1 heterocycles. The van der Waals surface area contributed by atoms with Gasteiger partial charge in [-0.05, 0) is 24.1 Å². The second kappa shape index (κ2) is 8.81. The number of nitrogens with one attached hydrogen (secondary N) is 1. The summed E-state index contributed by atoms with van der Waals surface area (Å²) in [5.74, 6) is -0.281. The zero-order valence-corrected chi connectivity index (χ0v) is 16.1. The van der Waals surface area contributed by atoms with Crippen LogP contribution in [0.15, 0.2) is 24.4 Å². The highest BCUT2D eigenvalue weighted by molar-refractivity contribution is 7.31. The molecule has 2 rings (SSSR count). The van der Waals surface area contributed by atoms with Crippen molar-refractivity contribution in [2.75, 3.05) is 0 Å².